The first-order chi connectivity index (χ1) is 9.17. The van der Waals surface area contributed by atoms with E-state index in [9.17, 15) is 5.11 Å². The van der Waals surface area contributed by atoms with Gasteiger partial charge in [-0.15, -0.1) is 0 Å². The van der Waals surface area contributed by atoms with Crippen LogP contribution in [0.3, 0.4) is 0 Å². The van der Waals surface area contributed by atoms with E-state index in [4.69, 9.17) is 10.5 Å². The number of ether oxygens (including phenoxy) is 1. The molecule has 0 saturated heterocycles. The summed E-state index contributed by atoms with van der Waals surface area (Å²) in [6.45, 7) is 3.15. The first kappa shape index (κ1) is 15.3. The Morgan fingerprint density at radius 1 is 1.53 bits per heavy atom. The molecule has 0 aliphatic carbocycles. The fraction of sp³-hybridized carbons (Fsp3) is 0.500. The summed E-state index contributed by atoms with van der Waals surface area (Å²) in [6, 6.07) is 7.30. The van der Waals surface area contributed by atoms with Gasteiger partial charge in [-0.25, -0.2) is 0 Å². The summed E-state index contributed by atoms with van der Waals surface area (Å²) in [6.07, 6.45) is 1.48. The lowest BCUT2D eigenvalue weighted by atomic mass is 10.1. The number of benzene rings is 1. The van der Waals surface area contributed by atoms with Crippen molar-refractivity contribution < 1.29 is 9.84 Å². The van der Waals surface area contributed by atoms with Crippen LogP contribution in [0, 0.1) is 0 Å². The van der Waals surface area contributed by atoms with E-state index in [1.54, 1.807) is 13.2 Å². The molecule has 19 heavy (non-hydrogen) atoms. The quantitative estimate of drug-likeness (QED) is 0.396. The first-order valence-corrected chi connectivity index (χ1v) is 6.53. The number of nitrogens with one attached hydrogen (secondary N) is 1. The first-order valence-electron chi connectivity index (χ1n) is 6.53. The standard InChI is InChI=1S/C14H23N3O2/c1-3-4-8-16-14(15)17-10-13(18)11-6-5-7-12(9-11)19-2/h5-7,9,13,18H,3-4,8,10H2,1-2H3,(H3,15,16,17). The van der Waals surface area contributed by atoms with Gasteiger partial charge in [0.25, 0.3) is 0 Å². The van der Waals surface area contributed by atoms with Gasteiger partial charge in [-0.1, -0.05) is 25.5 Å². The molecule has 106 valence electrons. The van der Waals surface area contributed by atoms with E-state index < -0.39 is 6.10 Å². The third-order valence-electron chi connectivity index (χ3n) is 2.75. The van der Waals surface area contributed by atoms with Crippen LogP contribution in [0.4, 0.5) is 0 Å². The Morgan fingerprint density at radius 3 is 3.00 bits per heavy atom. The molecule has 1 aromatic carbocycles. The van der Waals surface area contributed by atoms with Crippen LogP contribution in [0.5, 0.6) is 5.75 Å². The fourth-order valence-electron chi connectivity index (χ4n) is 1.59. The third-order valence-corrected chi connectivity index (χ3v) is 2.75. The lowest BCUT2D eigenvalue weighted by Crippen LogP contribution is -2.32. The Balaban J connectivity index is 2.49. The van der Waals surface area contributed by atoms with Crippen LogP contribution in [-0.2, 0) is 0 Å². The molecule has 0 spiro atoms. The maximum Gasteiger partial charge on any atom is 0.188 e. The summed E-state index contributed by atoms with van der Waals surface area (Å²) < 4.78 is 5.11. The molecule has 1 atom stereocenters. The molecule has 0 heterocycles. The third kappa shape index (κ3) is 5.61. The highest BCUT2D eigenvalue weighted by molar-refractivity contribution is 5.77. The van der Waals surface area contributed by atoms with Crippen molar-refractivity contribution in [3.63, 3.8) is 0 Å². The van der Waals surface area contributed by atoms with Gasteiger partial charge in [0.1, 0.15) is 5.75 Å². The summed E-state index contributed by atoms with van der Waals surface area (Å²) in [4.78, 5) is 4.12. The normalized spacial score (nSPS) is 13.1. The number of nitrogens with two attached hydrogens (primary N) is 1. The lowest BCUT2D eigenvalue weighted by molar-refractivity contribution is 0.186. The SMILES string of the molecule is CCCCNC(N)=NCC(O)c1cccc(OC)c1. The molecule has 1 rings (SSSR count). The lowest BCUT2D eigenvalue weighted by Gasteiger charge is -2.11. The van der Waals surface area contributed by atoms with Crippen LogP contribution >= 0.6 is 0 Å². The monoisotopic (exact) mass is 265 g/mol. The zero-order valence-corrected chi connectivity index (χ0v) is 11.6. The molecular formula is C14H23N3O2. The number of unbranched alkanes of at least 4 members (excludes halogenated alkanes) is 1. The van der Waals surface area contributed by atoms with Gasteiger partial charge in [0, 0.05) is 6.54 Å². The van der Waals surface area contributed by atoms with Gasteiger partial charge in [0.2, 0.25) is 0 Å². The van der Waals surface area contributed by atoms with Crippen molar-refractivity contribution in [2.75, 3.05) is 20.2 Å². The molecule has 0 fully saturated rings. The second-order valence-corrected chi connectivity index (χ2v) is 4.30. The van der Waals surface area contributed by atoms with Gasteiger partial charge in [-0.2, -0.15) is 0 Å². The number of aliphatic hydroxyl groups excluding tert-OH is 1. The molecule has 1 unspecified atom stereocenters. The van der Waals surface area contributed by atoms with Gasteiger partial charge >= 0.3 is 0 Å². The molecular weight excluding hydrogens is 242 g/mol. The summed E-state index contributed by atoms with van der Waals surface area (Å²) in [7, 11) is 1.60. The average Bonchev–Trinajstić information content (AvgIpc) is 2.45. The van der Waals surface area contributed by atoms with Crippen molar-refractivity contribution in [3.05, 3.63) is 29.8 Å². The number of rotatable bonds is 7. The van der Waals surface area contributed by atoms with Crippen molar-refractivity contribution >= 4 is 5.96 Å². The Kier molecular flexibility index (Phi) is 6.74. The molecule has 4 N–H and O–H groups in total. The Labute approximate surface area is 114 Å². The molecule has 0 aromatic heterocycles. The summed E-state index contributed by atoms with van der Waals surface area (Å²) in [5.74, 6) is 1.09. The summed E-state index contributed by atoms with van der Waals surface area (Å²) in [5, 5.41) is 13.0. The fourth-order valence-corrected chi connectivity index (χ4v) is 1.59. The molecule has 0 bridgehead atoms. The number of nitrogens with zero attached hydrogens (tertiary/aromatic N) is 1. The summed E-state index contributed by atoms with van der Waals surface area (Å²) >= 11 is 0. The molecule has 0 aliphatic rings. The molecule has 5 nitrogen and oxygen atoms in total. The largest absolute Gasteiger partial charge is 0.497 e. The number of aliphatic imine (C=N–C) groups is 1. The molecule has 0 saturated carbocycles. The van der Waals surface area contributed by atoms with Gasteiger partial charge in [0.05, 0.1) is 19.8 Å². The minimum absolute atomic E-state index is 0.234. The van der Waals surface area contributed by atoms with Crippen LogP contribution in [0.2, 0.25) is 0 Å². The molecule has 1 aromatic rings. The van der Waals surface area contributed by atoms with E-state index in [-0.39, 0.29) is 6.54 Å². The van der Waals surface area contributed by atoms with Crippen molar-refractivity contribution in [2.45, 2.75) is 25.9 Å². The molecule has 0 radical (unpaired) electrons. The van der Waals surface area contributed by atoms with E-state index >= 15 is 0 Å². The van der Waals surface area contributed by atoms with Crippen LogP contribution in [0.1, 0.15) is 31.4 Å². The summed E-state index contributed by atoms with van der Waals surface area (Å²) in [5.41, 5.74) is 6.47. The predicted octanol–water partition coefficient (Wildman–Crippen LogP) is 1.43. The zero-order valence-electron chi connectivity index (χ0n) is 11.6. The molecule has 0 aliphatic heterocycles. The van der Waals surface area contributed by atoms with E-state index in [1.807, 2.05) is 18.2 Å². The van der Waals surface area contributed by atoms with Crippen LogP contribution in [0.15, 0.2) is 29.3 Å². The number of aliphatic hydroxyl groups is 1. The average molecular weight is 265 g/mol. The highest BCUT2D eigenvalue weighted by Gasteiger charge is 2.07. The number of methoxy groups -OCH3 is 1. The second-order valence-electron chi connectivity index (χ2n) is 4.30. The van der Waals surface area contributed by atoms with Crippen LogP contribution < -0.4 is 15.8 Å². The van der Waals surface area contributed by atoms with Crippen molar-refractivity contribution in [2.24, 2.45) is 10.7 Å². The topological polar surface area (TPSA) is 79.9 Å². The van der Waals surface area contributed by atoms with Gasteiger partial charge in [0.15, 0.2) is 5.96 Å². The maximum absolute atomic E-state index is 10.0. The predicted molar refractivity (Wildman–Crippen MR) is 77.4 cm³/mol. The van der Waals surface area contributed by atoms with Crippen molar-refractivity contribution in [1.82, 2.24) is 5.32 Å². The number of hydrogen-bond acceptors (Lipinski definition) is 3. The van der Waals surface area contributed by atoms with Crippen LogP contribution in [-0.4, -0.2) is 31.3 Å². The zero-order chi connectivity index (χ0) is 14.1. The van der Waals surface area contributed by atoms with Crippen LogP contribution in [0.25, 0.3) is 0 Å². The van der Waals surface area contributed by atoms with Crippen molar-refractivity contribution in [1.29, 1.82) is 0 Å². The van der Waals surface area contributed by atoms with Gasteiger partial charge in [-0.3, -0.25) is 4.99 Å². The highest BCUT2D eigenvalue weighted by atomic mass is 16.5. The minimum Gasteiger partial charge on any atom is -0.497 e. The van der Waals surface area contributed by atoms with E-state index in [2.05, 4.69) is 17.2 Å². The Bertz CT molecular complexity index is 407. The van der Waals surface area contributed by atoms with E-state index in [0.29, 0.717) is 5.96 Å². The number of guanidine groups is 1. The number of hydrogen-bond donors (Lipinski definition) is 3. The van der Waals surface area contributed by atoms with E-state index in [1.165, 1.54) is 0 Å². The Hall–Kier alpha value is -1.75. The minimum atomic E-state index is -0.679. The van der Waals surface area contributed by atoms with E-state index in [0.717, 1.165) is 30.7 Å². The molecule has 5 heteroatoms. The smallest absolute Gasteiger partial charge is 0.188 e. The molecule has 0 amide bonds. The highest BCUT2D eigenvalue weighted by Crippen LogP contribution is 2.19. The maximum atomic E-state index is 10.0. The second kappa shape index (κ2) is 8.37. The van der Waals surface area contributed by atoms with Gasteiger partial charge < -0.3 is 20.9 Å². The van der Waals surface area contributed by atoms with Crippen molar-refractivity contribution in [3.8, 4) is 5.75 Å². The van der Waals surface area contributed by atoms with Gasteiger partial charge in [-0.05, 0) is 24.1 Å². The Morgan fingerprint density at radius 2 is 2.32 bits per heavy atom.